The van der Waals surface area contributed by atoms with E-state index in [0.717, 1.165) is 18.3 Å². The van der Waals surface area contributed by atoms with E-state index in [2.05, 4.69) is 4.40 Å². The lowest BCUT2D eigenvalue weighted by Gasteiger charge is -2.00. The fraction of sp³-hybridized carbons (Fsp3) is 0. The molecule has 114 valence electrons. The highest BCUT2D eigenvalue weighted by Crippen LogP contribution is 2.29. The first kappa shape index (κ1) is 15.7. The Morgan fingerprint density at radius 3 is 2.41 bits per heavy atom. The van der Waals surface area contributed by atoms with Crippen LogP contribution in [0.4, 0.5) is 11.4 Å². The molecular weight excluding hydrogens is 334 g/mol. The zero-order valence-electron chi connectivity index (χ0n) is 10.6. The molecule has 22 heavy (non-hydrogen) atoms. The van der Waals surface area contributed by atoms with Crippen LogP contribution < -0.4 is 0 Å². The molecule has 0 radical (unpaired) electrons. The van der Waals surface area contributed by atoms with Crippen LogP contribution in [0, 0.1) is 20.2 Å². The van der Waals surface area contributed by atoms with Gasteiger partial charge in [-0.2, -0.15) is 12.8 Å². The normalized spacial score (nSPS) is 11.6. The fourth-order valence-electron chi connectivity index (χ4n) is 1.52. The zero-order chi connectivity index (χ0) is 16.3. The van der Waals surface area contributed by atoms with E-state index in [0.29, 0.717) is 10.9 Å². The van der Waals surface area contributed by atoms with Crippen LogP contribution in [-0.2, 0) is 10.0 Å². The molecule has 0 atom stereocenters. The summed E-state index contributed by atoms with van der Waals surface area (Å²) in [6.07, 6.45) is 1.06. The average Bonchev–Trinajstić information content (AvgIpc) is 2.97. The Balaban J connectivity index is 2.50. The summed E-state index contributed by atoms with van der Waals surface area (Å²) in [6.45, 7) is 0. The van der Waals surface area contributed by atoms with Crippen LogP contribution in [-0.4, -0.2) is 24.5 Å². The maximum absolute atomic E-state index is 12.1. The number of sulfonamides is 1. The molecule has 0 aliphatic heterocycles. The zero-order valence-corrected chi connectivity index (χ0v) is 12.3. The van der Waals surface area contributed by atoms with E-state index in [9.17, 15) is 28.6 Å². The molecule has 0 bridgehead atoms. The lowest BCUT2D eigenvalue weighted by molar-refractivity contribution is -0.396. The van der Waals surface area contributed by atoms with E-state index in [1.807, 2.05) is 0 Å². The van der Waals surface area contributed by atoms with Crippen LogP contribution in [0.2, 0.25) is 0 Å². The van der Waals surface area contributed by atoms with Gasteiger partial charge in [-0.25, -0.2) is 0 Å². The van der Waals surface area contributed by atoms with Gasteiger partial charge in [-0.1, -0.05) is 6.07 Å². The van der Waals surface area contributed by atoms with E-state index in [1.165, 1.54) is 11.3 Å². The third kappa shape index (κ3) is 3.32. The smallest absolute Gasteiger partial charge is 0.258 e. The molecule has 0 fully saturated rings. The minimum atomic E-state index is -4.34. The number of nitrogens with zero attached hydrogens (tertiary/aromatic N) is 3. The van der Waals surface area contributed by atoms with Crippen LogP contribution in [0.15, 0.2) is 45.0 Å². The van der Waals surface area contributed by atoms with Crippen molar-refractivity contribution in [2.75, 3.05) is 0 Å². The third-order valence-corrected chi connectivity index (χ3v) is 4.58. The van der Waals surface area contributed by atoms with Gasteiger partial charge in [0.05, 0.1) is 22.1 Å². The van der Waals surface area contributed by atoms with Crippen molar-refractivity contribution < 1.29 is 18.3 Å². The minimum absolute atomic E-state index is 0.549. The van der Waals surface area contributed by atoms with Crippen molar-refractivity contribution in [2.45, 2.75) is 4.90 Å². The number of nitro benzene ring substituents is 2. The average molecular weight is 341 g/mol. The number of nitro groups is 2. The van der Waals surface area contributed by atoms with Gasteiger partial charge in [0.25, 0.3) is 21.4 Å². The minimum Gasteiger partial charge on any atom is -0.258 e. The van der Waals surface area contributed by atoms with Gasteiger partial charge in [0, 0.05) is 10.9 Å². The number of non-ortho nitro benzene ring substituents is 1. The summed E-state index contributed by atoms with van der Waals surface area (Å²) >= 11 is 1.24. The van der Waals surface area contributed by atoms with Crippen molar-refractivity contribution in [3.8, 4) is 0 Å². The highest BCUT2D eigenvalue weighted by atomic mass is 32.2. The summed E-state index contributed by atoms with van der Waals surface area (Å²) in [5, 5.41) is 23.3. The molecule has 0 spiro atoms. The molecule has 11 heteroatoms. The Hall–Kier alpha value is -2.66. The standard InChI is InChI=1S/C11H7N3O6S2/c15-13(16)8-3-4-11(10(6-8)14(17)18)22(19,20)12-7-9-2-1-5-21-9/h1-7H. The summed E-state index contributed by atoms with van der Waals surface area (Å²) in [5.41, 5.74) is -1.47. The van der Waals surface area contributed by atoms with E-state index < -0.39 is 36.1 Å². The first-order valence-corrected chi connectivity index (χ1v) is 7.90. The van der Waals surface area contributed by atoms with Gasteiger partial charge >= 0.3 is 0 Å². The van der Waals surface area contributed by atoms with Crippen molar-refractivity contribution in [1.82, 2.24) is 0 Å². The molecule has 1 aromatic heterocycles. The van der Waals surface area contributed by atoms with Crippen molar-refractivity contribution in [3.05, 3.63) is 60.8 Å². The molecule has 0 aliphatic rings. The maximum atomic E-state index is 12.1. The number of benzene rings is 1. The molecule has 1 heterocycles. The highest BCUT2D eigenvalue weighted by Gasteiger charge is 2.27. The van der Waals surface area contributed by atoms with Crippen LogP contribution in [0.25, 0.3) is 0 Å². The van der Waals surface area contributed by atoms with Crippen LogP contribution in [0.1, 0.15) is 4.88 Å². The number of hydrogen-bond donors (Lipinski definition) is 0. The van der Waals surface area contributed by atoms with E-state index in [1.54, 1.807) is 17.5 Å². The van der Waals surface area contributed by atoms with Crippen molar-refractivity contribution in [1.29, 1.82) is 0 Å². The summed E-state index contributed by atoms with van der Waals surface area (Å²) in [5.74, 6) is 0. The molecule has 0 unspecified atom stereocenters. The molecule has 0 aliphatic carbocycles. The largest absolute Gasteiger partial charge is 0.296 e. The first-order chi connectivity index (χ1) is 10.3. The van der Waals surface area contributed by atoms with Crippen molar-refractivity contribution in [2.24, 2.45) is 4.40 Å². The summed E-state index contributed by atoms with van der Waals surface area (Å²) in [4.78, 5) is 19.6. The molecule has 2 aromatic rings. The Labute approximate surface area is 127 Å². The molecule has 9 nitrogen and oxygen atoms in total. The Morgan fingerprint density at radius 2 is 1.86 bits per heavy atom. The Kier molecular flexibility index (Phi) is 4.28. The fourth-order valence-corrected chi connectivity index (χ4v) is 3.18. The predicted molar refractivity (Wildman–Crippen MR) is 78.8 cm³/mol. The lowest BCUT2D eigenvalue weighted by atomic mass is 10.3. The summed E-state index contributed by atoms with van der Waals surface area (Å²) in [7, 11) is -4.34. The topological polar surface area (TPSA) is 133 Å². The molecule has 0 saturated heterocycles. The second-order valence-electron chi connectivity index (χ2n) is 3.89. The van der Waals surface area contributed by atoms with Crippen LogP contribution in [0.3, 0.4) is 0 Å². The van der Waals surface area contributed by atoms with Crippen LogP contribution >= 0.6 is 11.3 Å². The van der Waals surface area contributed by atoms with Gasteiger partial charge in [0.2, 0.25) is 0 Å². The van der Waals surface area contributed by atoms with Crippen molar-refractivity contribution in [3.63, 3.8) is 0 Å². The SMILES string of the molecule is O=[N+]([O-])c1ccc(S(=O)(=O)N=Cc2cccs2)c([N+](=O)[O-])c1. The Bertz CT molecular complexity index is 858. The molecule has 1 aromatic carbocycles. The number of thiophene rings is 1. The van der Waals surface area contributed by atoms with E-state index in [-0.39, 0.29) is 0 Å². The van der Waals surface area contributed by atoms with Crippen LogP contribution in [0.5, 0.6) is 0 Å². The lowest BCUT2D eigenvalue weighted by Crippen LogP contribution is -2.03. The monoisotopic (exact) mass is 341 g/mol. The van der Waals surface area contributed by atoms with Crippen molar-refractivity contribution >= 4 is 38.9 Å². The summed E-state index contributed by atoms with van der Waals surface area (Å²) < 4.78 is 27.5. The van der Waals surface area contributed by atoms with Gasteiger partial charge in [-0.05, 0) is 17.5 Å². The molecular formula is C11H7N3O6S2. The maximum Gasteiger partial charge on any atom is 0.296 e. The Morgan fingerprint density at radius 1 is 1.14 bits per heavy atom. The van der Waals surface area contributed by atoms with Gasteiger partial charge in [0.15, 0.2) is 4.90 Å². The predicted octanol–water partition coefficient (Wildman–Crippen LogP) is 2.37. The summed E-state index contributed by atoms with van der Waals surface area (Å²) in [6, 6.07) is 5.58. The second kappa shape index (κ2) is 5.99. The molecule has 2 rings (SSSR count). The highest BCUT2D eigenvalue weighted by molar-refractivity contribution is 7.90. The van der Waals surface area contributed by atoms with E-state index in [4.69, 9.17) is 0 Å². The van der Waals surface area contributed by atoms with Gasteiger partial charge in [0.1, 0.15) is 0 Å². The second-order valence-corrected chi connectivity index (χ2v) is 6.47. The van der Waals surface area contributed by atoms with Gasteiger partial charge < -0.3 is 0 Å². The molecule has 0 N–H and O–H groups in total. The quantitative estimate of drug-likeness (QED) is 0.465. The van der Waals surface area contributed by atoms with Gasteiger partial charge in [-0.15, -0.1) is 11.3 Å². The molecule has 0 amide bonds. The van der Waals surface area contributed by atoms with Gasteiger partial charge in [-0.3, -0.25) is 20.2 Å². The number of rotatable bonds is 5. The van der Waals surface area contributed by atoms with E-state index >= 15 is 0 Å². The third-order valence-electron chi connectivity index (χ3n) is 2.49. The first-order valence-electron chi connectivity index (χ1n) is 5.58. The molecule has 0 saturated carbocycles. The number of hydrogen-bond acceptors (Lipinski definition) is 7.